The van der Waals surface area contributed by atoms with Gasteiger partial charge in [0.2, 0.25) is 5.91 Å². The number of rotatable bonds is 5. The molecule has 1 fully saturated rings. The molecular weight excluding hydrogens is 323 g/mol. The van der Waals surface area contributed by atoms with E-state index in [0.717, 1.165) is 6.07 Å². The zero-order valence-electron chi connectivity index (χ0n) is 13.1. The van der Waals surface area contributed by atoms with Crippen LogP contribution in [-0.2, 0) is 22.2 Å². The highest BCUT2D eigenvalue weighted by Gasteiger charge is 2.33. The number of carboxylic acids is 1. The molecule has 2 rings (SSSR count). The van der Waals surface area contributed by atoms with Gasteiger partial charge < -0.3 is 10.4 Å². The van der Waals surface area contributed by atoms with Crippen molar-refractivity contribution in [3.05, 3.63) is 35.4 Å². The largest absolute Gasteiger partial charge is 0.481 e. The Labute approximate surface area is 138 Å². The molecule has 132 valence electrons. The Morgan fingerprint density at radius 3 is 2.50 bits per heavy atom. The highest BCUT2D eigenvalue weighted by molar-refractivity contribution is 5.80. The molecule has 0 spiro atoms. The number of hydrogen-bond acceptors (Lipinski definition) is 2. The van der Waals surface area contributed by atoms with Crippen LogP contribution >= 0.6 is 0 Å². The molecule has 2 atom stereocenters. The number of hydrogen-bond donors (Lipinski definition) is 2. The van der Waals surface area contributed by atoms with Crippen LogP contribution in [0, 0.1) is 11.8 Å². The Morgan fingerprint density at radius 1 is 1.17 bits per heavy atom. The maximum Gasteiger partial charge on any atom is 0.416 e. The third kappa shape index (κ3) is 4.72. The van der Waals surface area contributed by atoms with Crippen LogP contribution in [0.25, 0.3) is 0 Å². The zero-order chi connectivity index (χ0) is 17.7. The Morgan fingerprint density at radius 2 is 1.83 bits per heavy atom. The molecule has 24 heavy (non-hydrogen) atoms. The summed E-state index contributed by atoms with van der Waals surface area (Å²) in [6.07, 6.45) is -2.19. The second kappa shape index (κ2) is 7.68. The summed E-state index contributed by atoms with van der Waals surface area (Å²) in [6.45, 7) is 0.0974. The second-order valence-corrected chi connectivity index (χ2v) is 6.09. The number of aliphatic carboxylic acids is 1. The van der Waals surface area contributed by atoms with Crippen LogP contribution in [0.4, 0.5) is 13.2 Å². The predicted molar refractivity (Wildman–Crippen MR) is 81.2 cm³/mol. The van der Waals surface area contributed by atoms with E-state index in [4.69, 9.17) is 5.11 Å². The normalized spacial score (nSPS) is 21.3. The van der Waals surface area contributed by atoms with E-state index in [9.17, 15) is 22.8 Å². The van der Waals surface area contributed by atoms with Crippen LogP contribution < -0.4 is 5.32 Å². The van der Waals surface area contributed by atoms with Gasteiger partial charge in [0, 0.05) is 12.5 Å². The number of amides is 1. The number of alkyl halides is 3. The van der Waals surface area contributed by atoms with E-state index in [1.807, 2.05) is 0 Å². The van der Waals surface area contributed by atoms with Crippen molar-refractivity contribution < 1.29 is 27.9 Å². The summed E-state index contributed by atoms with van der Waals surface area (Å²) in [6, 6.07) is 5.29. The van der Waals surface area contributed by atoms with Crippen molar-refractivity contribution in [2.24, 2.45) is 11.8 Å². The van der Waals surface area contributed by atoms with Gasteiger partial charge in [-0.15, -0.1) is 0 Å². The number of halogens is 3. The highest BCUT2D eigenvalue weighted by atomic mass is 19.4. The summed E-state index contributed by atoms with van der Waals surface area (Å²) in [7, 11) is 0. The second-order valence-electron chi connectivity index (χ2n) is 6.09. The predicted octanol–water partition coefficient (Wildman–Crippen LogP) is 3.26. The number of carboxylic acid groups (broad SMARTS) is 1. The summed E-state index contributed by atoms with van der Waals surface area (Å²) in [5.41, 5.74) is -0.555. The van der Waals surface area contributed by atoms with E-state index in [1.54, 1.807) is 0 Å². The van der Waals surface area contributed by atoms with Gasteiger partial charge in [0.1, 0.15) is 0 Å². The van der Waals surface area contributed by atoms with E-state index >= 15 is 0 Å². The molecule has 2 unspecified atom stereocenters. The zero-order valence-corrected chi connectivity index (χ0v) is 13.1. The van der Waals surface area contributed by atoms with Gasteiger partial charge in [0.15, 0.2) is 0 Å². The lowest BCUT2D eigenvalue weighted by Gasteiger charge is -2.25. The van der Waals surface area contributed by atoms with E-state index in [1.165, 1.54) is 18.2 Å². The number of carbonyl (C=O) groups is 2. The fourth-order valence-electron chi connectivity index (χ4n) is 3.13. The first-order valence-corrected chi connectivity index (χ1v) is 7.94. The molecule has 1 aromatic rings. The average molecular weight is 343 g/mol. The Kier molecular flexibility index (Phi) is 5.85. The molecule has 1 amide bonds. The topological polar surface area (TPSA) is 66.4 Å². The minimum atomic E-state index is -4.42. The molecule has 1 aliphatic carbocycles. The summed E-state index contributed by atoms with van der Waals surface area (Å²) >= 11 is 0. The molecule has 0 saturated heterocycles. The first-order chi connectivity index (χ1) is 11.3. The van der Waals surface area contributed by atoms with Crippen molar-refractivity contribution >= 4 is 11.9 Å². The van der Waals surface area contributed by atoms with Crippen molar-refractivity contribution in [3.8, 4) is 0 Å². The maximum atomic E-state index is 12.9. The molecule has 0 radical (unpaired) electrons. The number of benzene rings is 1. The lowest BCUT2D eigenvalue weighted by Crippen LogP contribution is -2.36. The van der Waals surface area contributed by atoms with Gasteiger partial charge in [-0.05, 0) is 37.3 Å². The molecule has 2 N–H and O–H groups in total. The quantitative estimate of drug-likeness (QED) is 0.862. The van der Waals surface area contributed by atoms with E-state index in [2.05, 4.69) is 5.32 Å². The minimum Gasteiger partial charge on any atom is -0.481 e. The standard InChI is InChI=1S/C17H20F3NO3/c18-17(19,20)14-7-2-1-4-11(14)8-9-21-15(22)12-5-3-6-13(10-12)16(23)24/h1-2,4,7,12-13H,3,5-6,8-10H2,(H,21,22)(H,23,24). The van der Waals surface area contributed by atoms with Crippen LogP contribution in [0.3, 0.4) is 0 Å². The summed E-state index contributed by atoms with van der Waals surface area (Å²) in [4.78, 5) is 23.1. The summed E-state index contributed by atoms with van der Waals surface area (Å²) in [5, 5.41) is 11.7. The fourth-order valence-corrected chi connectivity index (χ4v) is 3.13. The molecular formula is C17H20F3NO3. The molecule has 0 aromatic heterocycles. The summed E-state index contributed by atoms with van der Waals surface area (Å²) < 4.78 is 38.7. The van der Waals surface area contributed by atoms with Crippen LogP contribution in [0.5, 0.6) is 0 Å². The molecule has 1 aliphatic rings. The van der Waals surface area contributed by atoms with Crippen LogP contribution in [0.15, 0.2) is 24.3 Å². The number of carbonyl (C=O) groups excluding carboxylic acids is 1. The Bertz CT molecular complexity index is 601. The fraction of sp³-hybridized carbons (Fsp3) is 0.529. The van der Waals surface area contributed by atoms with Crippen molar-refractivity contribution in [1.29, 1.82) is 0 Å². The van der Waals surface area contributed by atoms with Gasteiger partial charge in [0.25, 0.3) is 0 Å². The molecule has 4 nitrogen and oxygen atoms in total. The third-order valence-electron chi connectivity index (χ3n) is 4.41. The van der Waals surface area contributed by atoms with Gasteiger partial charge in [0.05, 0.1) is 11.5 Å². The molecule has 7 heteroatoms. The summed E-state index contributed by atoms with van der Waals surface area (Å²) in [5.74, 6) is -2.06. The van der Waals surface area contributed by atoms with Crippen molar-refractivity contribution in [1.82, 2.24) is 5.32 Å². The van der Waals surface area contributed by atoms with Crippen LogP contribution in [-0.4, -0.2) is 23.5 Å². The lowest BCUT2D eigenvalue weighted by molar-refractivity contribution is -0.144. The van der Waals surface area contributed by atoms with Crippen molar-refractivity contribution in [2.45, 2.75) is 38.3 Å². The van der Waals surface area contributed by atoms with E-state index in [0.29, 0.717) is 25.7 Å². The smallest absolute Gasteiger partial charge is 0.416 e. The monoisotopic (exact) mass is 343 g/mol. The minimum absolute atomic E-state index is 0.0799. The molecule has 0 bridgehead atoms. The average Bonchev–Trinajstić information content (AvgIpc) is 2.54. The van der Waals surface area contributed by atoms with Crippen LogP contribution in [0.2, 0.25) is 0 Å². The maximum absolute atomic E-state index is 12.9. The first-order valence-electron chi connectivity index (χ1n) is 7.94. The van der Waals surface area contributed by atoms with Gasteiger partial charge in [-0.25, -0.2) is 0 Å². The molecule has 1 aromatic carbocycles. The molecule has 1 saturated carbocycles. The lowest BCUT2D eigenvalue weighted by atomic mass is 9.81. The molecule has 0 aliphatic heterocycles. The van der Waals surface area contributed by atoms with Gasteiger partial charge in [-0.3, -0.25) is 9.59 Å². The third-order valence-corrected chi connectivity index (χ3v) is 4.41. The molecule has 0 heterocycles. The van der Waals surface area contributed by atoms with Crippen molar-refractivity contribution in [2.75, 3.05) is 6.54 Å². The number of nitrogens with one attached hydrogen (secondary N) is 1. The van der Waals surface area contributed by atoms with Gasteiger partial charge in [-0.1, -0.05) is 24.6 Å². The van der Waals surface area contributed by atoms with E-state index in [-0.39, 0.29) is 30.4 Å². The highest BCUT2D eigenvalue weighted by Crippen LogP contribution is 2.32. The van der Waals surface area contributed by atoms with E-state index < -0.39 is 23.6 Å². The van der Waals surface area contributed by atoms with Crippen LogP contribution in [0.1, 0.15) is 36.8 Å². The van der Waals surface area contributed by atoms with Gasteiger partial charge >= 0.3 is 12.1 Å². The Balaban J connectivity index is 1.88. The first kappa shape index (κ1) is 18.3. The SMILES string of the molecule is O=C(O)C1CCCC(C(=O)NCCc2ccccc2C(F)(F)F)C1. The Hall–Kier alpha value is -2.05. The van der Waals surface area contributed by atoms with Crippen molar-refractivity contribution in [3.63, 3.8) is 0 Å². The van der Waals surface area contributed by atoms with Gasteiger partial charge in [-0.2, -0.15) is 13.2 Å².